The van der Waals surface area contributed by atoms with Gasteiger partial charge in [-0.25, -0.2) is 4.79 Å². The van der Waals surface area contributed by atoms with Crippen LogP contribution in [0.4, 0.5) is 0 Å². The van der Waals surface area contributed by atoms with E-state index in [9.17, 15) is 4.79 Å². The van der Waals surface area contributed by atoms with Gasteiger partial charge in [0.1, 0.15) is 4.88 Å². The number of carboxylic acid groups (broad SMARTS) is 1. The van der Waals surface area contributed by atoms with Gasteiger partial charge in [-0.15, -0.1) is 11.3 Å². The molecule has 0 aliphatic heterocycles. The number of halogens is 1. The molecule has 5 heteroatoms. The Bertz CT molecular complexity index is 760. The molecule has 96 valence electrons. The van der Waals surface area contributed by atoms with Crippen LogP contribution in [0.1, 0.15) is 15.2 Å². The first kappa shape index (κ1) is 12.4. The van der Waals surface area contributed by atoms with Gasteiger partial charge in [0.25, 0.3) is 0 Å². The number of fused-ring (bicyclic) bond motifs is 1. The van der Waals surface area contributed by atoms with Crippen LogP contribution in [0.3, 0.4) is 0 Å². The first-order valence-corrected chi connectivity index (χ1v) is 7.36. The number of carbonyl (C=O) groups is 1. The highest BCUT2D eigenvalue weighted by molar-refractivity contribution is 9.10. The van der Waals surface area contributed by atoms with E-state index in [1.54, 1.807) is 0 Å². The Morgan fingerprint density at radius 1 is 1.32 bits per heavy atom. The largest absolute Gasteiger partial charge is 0.477 e. The molecule has 2 heterocycles. The molecule has 0 bridgehead atoms. The second kappa shape index (κ2) is 4.83. The lowest BCUT2D eigenvalue weighted by Gasteiger charge is -2.05. The summed E-state index contributed by atoms with van der Waals surface area (Å²) in [7, 11) is 0. The van der Waals surface area contributed by atoms with Crippen LogP contribution >= 0.6 is 27.3 Å². The van der Waals surface area contributed by atoms with Crippen LogP contribution in [0.5, 0.6) is 0 Å². The number of thiophene rings is 1. The number of aromatic carboxylic acids is 1. The van der Waals surface area contributed by atoms with E-state index in [1.807, 2.05) is 41.9 Å². The molecule has 0 fully saturated rings. The first-order chi connectivity index (χ1) is 9.15. The van der Waals surface area contributed by atoms with Crippen molar-refractivity contribution in [1.82, 2.24) is 4.57 Å². The minimum Gasteiger partial charge on any atom is -0.477 e. The van der Waals surface area contributed by atoms with Gasteiger partial charge >= 0.3 is 5.97 Å². The molecule has 3 aromatic rings. The fraction of sp³-hybridized carbons (Fsp3) is 0.0714. The highest BCUT2D eigenvalue weighted by Gasteiger charge is 2.12. The van der Waals surface area contributed by atoms with E-state index in [0.29, 0.717) is 11.4 Å². The lowest BCUT2D eigenvalue weighted by Crippen LogP contribution is -2.03. The first-order valence-electron chi connectivity index (χ1n) is 5.69. The average molecular weight is 336 g/mol. The Balaban J connectivity index is 2.03. The summed E-state index contributed by atoms with van der Waals surface area (Å²) in [5.74, 6) is -0.859. The number of rotatable bonds is 3. The number of carboxylic acids is 1. The summed E-state index contributed by atoms with van der Waals surface area (Å²) in [5.41, 5.74) is 1.94. The Kier molecular flexibility index (Phi) is 3.16. The summed E-state index contributed by atoms with van der Waals surface area (Å²) >= 11 is 4.73. The van der Waals surface area contributed by atoms with Gasteiger partial charge in [0.15, 0.2) is 0 Å². The third-order valence-corrected chi connectivity index (χ3v) is 4.46. The van der Waals surface area contributed by atoms with E-state index < -0.39 is 5.97 Å². The van der Waals surface area contributed by atoms with Crippen molar-refractivity contribution in [3.05, 3.63) is 56.8 Å². The maximum atomic E-state index is 11.1. The van der Waals surface area contributed by atoms with E-state index in [0.717, 1.165) is 20.9 Å². The van der Waals surface area contributed by atoms with Crippen LogP contribution in [0.25, 0.3) is 10.9 Å². The van der Waals surface area contributed by atoms with Gasteiger partial charge in [-0.3, -0.25) is 0 Å². The van der Waals surface area contributed by atoms with Crippen LogP contribution in [-0.2, 0) is 6.54 Å². The van der Waals surface area contributed by atoms with Crippen molar-refractivity contribution < 1.29 is 9.90 Å². The average Bonchev–Trinajstić information content (AvgIpc) is 2.97. The normalized spacial score (nSPS) is 11.0. The second-order valence-electron chi connectivity index (χ2n) is 4.23. The summed E-state index contributed by atoms with van der Waals surface area (Å²) in [6, 6.07) is 10.00. The molecule has 0 amide bonds. The second-order valence-corrected chi connectivity index (χ2v) is 6.06. The molecule has 1 N–H and O–H groups in total. The molecule has 0 aliphatic rings. The third kappa shape index (κ3) is 2.31. The molecule has 0 spiro atoms. The van der Waals surface area contributed by atoms with Gasteiger partial charge in [-0.2, -0.15) is 0 Å². The molecule has 0 radical (unpaired) electrons. The van der Waals surface area contributed by atoms with Gasteiger partial charge in [-0.1, -0.05) is 22.0 Å². The van der Waals surface area contributed by atoms with Crippen molar-refractivity contribution >= 4 is 44.1 Å². The summed E-state index contributed by atoms with van der Waals surface area (Å²) in [6.45, 7) is 0.574. The van der Waals surface area contributed by atoms with Crippen LogP contribution < -0.4 is 0 Å². The van der Waals surface area contributed by atoms with Gasteiger partial charge < -0.3 is 9.67 Å². The molecular weight excluding hydrogens is 326 g/mol. The van der Waals surface area contributed by atoms with Crippen LogP contribution in [0.2, 0.25) is 0 Å². The number of hydrogen-bond acceptors (Lipinski definition) is 2. The number of nitrogens with zero attached hydrogens (tertiary/aromatic N) is 1. The van der Waals surface area contributed by atoms with Crippen LogP contribution in [0.15, 0.2) is 46.4 Å². The summed E-state index contributed by atoms with van der Waals surface area (Å²) in [5, 5.41) is 12.1. The van der Waals surface area contributed by atoms with Crippen molar-refractivity contribution in [3.8, 4) is 0 Å². The quantitative estimate of drug-likeness (QED) is 0.778. The van der Waals surface area contributed by atoms with Crippen molar-refractivity contribution in [2.75, 3.05) is 0 Å². The van der Waals surface area contributed by atoms with Crippen molar-refractivity contribution in [2.45, 2.75) is 6.54 Å². The maximum absolute atomic E-state index is 11.1. The zero-order chi connectivity index (χ0) is 13.4. The van der Waals surface area contributed by atoms with Gasteiger partial charge in [0.2, 0.25) is 0 Å². The molecule has 0 unspecified atom stereocenters. The fourth-order valence-corrected chi connectivity index (χ4v) is 3.23. The summed E-state index contributed by atoms with van der Waals surface area (Å²) in [6.07, 6.45) is 1.99. The van der Waals surface area contributed by atoms with E-state index in [4.69, 9.17) is 5.11 Å². The number of benzene rings is 1. The number of hydrogen-bond donors (Lipinski definition) is 1. The molecule has 3 rings (SSSR count). The monoisotopic (exact) mass is 335 g/mol. The molecule has 0 saturated carbocycles. The predicted molar refractivity (Wildman–Crippen MR) is 80.0 cm³/mol. The van der Waals surface area contributed by atoms with Gasteiger partial charge in [-0.05, 0) is 40.6 Å². The molecule has 0 atom stereocenters. The SMILES string of the molecule is O=C(O)c1sccc1Cn1ccc2ccc(Br)cc21. The molecule has 19 heavy (non-hydrogen) atoms. The Morgan fingerprint density at radius 3 is 2.95 bits per heavy atom. The van der Waals surface area contributed by atoms with Crippen molar-refractivity contribution in [3.63, 3.8) is 0 Å². The summed E-state index contributed by atoms with van der Waals surface area (Å²) < 4.78 is 3.08. The van der Waals surface area contributed by atoms with Crippen molar-refractivity contribution in [1.29, 1.82) is 0 Å². The smallest absolute Gasteiger partial charge is 0.346 e. The third-order valence-electron chi connectivity index (χ3n) is 3.02. The van der Waals surface area contributed by atoms with Crippen molar-refractivity contribution in [2.24, 2.45) is 0 Å². The van der Waals surface area contributed by atoms with Crippen LogP contribution in [0, 0.1) is 0 Å². The number of aromatic nitrogens is 1. The minimum atomic E-state index is -0.859. The molecule has 3 nitrogen and oxygen atoms in total. The maximum Gasteiger partial charge on any atom is 0.346 e. The Morgan fingerprint density at radius 2 is 2.16 bits per heavy atom. The molecule has 0 aliphatic carbocycles. The van der Waals surface area contributed by atoms with Crippen LogP contribution in [-0.4, -0.2) is 15.6 Å². The lowest BCUT2D eigenvalue weighted by molar-refractivity contribution is 0.0701. The minimum absolute atomic E-state index is 0.414. The topological polar surface area (TPSA) is 42.2 Å². The standard InChI is InChI=1S/C14H10BrNO2S/c15-11-2-1-9-3-5-16(12(9)7-11)8-10-4-6-19-13(10)14(17)18/h1-7H,8H2,(H,17,18). The highest BCUT2D eigenvalue weighted by atomic mass is 79.9. The zero-order valence-electron chi connectivity index (χ0n) is 9.84. The fourth-order valence-electron chi connectivity index (χ4n) is 2.13. The Labute approximate surface area is 122 Å². The summed E-state index contributed by atoms with van der Waals surface area (Å²) in [4.78, 5) is 11.5. The van der Waals surface area contributed by atoms with E-state index in [1.165, 1.54) is 11.3 Å². The van der Waals surface area contributed by atoms with Gasteiger partial charge in [0.05, 0.1) is 0 Å². The predicted octanol–water partition coefficient (Wildman–Crippen LogP) is 4.21. The zero-order valence-corrected chi connectivity index (χ0v) is 12.2. The molecular formula is C14H10BrNO2S. The van der Waals surface area contributed by atoms with E-state index in [-0.39, 0.29) is 0 Å². The van der Waals surface area contributed by atoms with E-state index in [2.05, 4.69) is 20.5 Å². The highest BCUT2D eigenvalue weighted by Crippen LogP contribution is 2.24. The molecule has 0 saturated heterocycles. The lowest BCUT2D eigenvalue weighted by atomic mass is 10.2. The Hall–Kier alpha value is -1.59. The van der Waals surface area contributed by atoms with Gasteiger partial charge in [0, 0.05) is 22.7 Å². The molecule has 1 aromatic carbocycles. The van der Waals surface area contributed by atoms with E-state index >= 15 is 0 Å². The molecule has 2 aromatic heterocycles.